The minimum atomic E-state index is -0.796. The first kappa shape index (κ1) is 18.5. The van der Waals surface area contributed by atoms with Crippen LogP contribution in [0.4, 0.5) is 5.69 Å². The maximum absolute atomic E-state index is 12.1. The van der Waals surface area contributed by atoms with E-state index in [2.05, 4.69) is 5.32 Å². The summed E-state index contributed by atoms with van der Waals surface area (Å²) < 4.78 is 15.6. The first-order chi connectivity index (χ1) is 12.2. The molecule has 2 rings (SSSR count). The highest BCUT2D eigenvalue weighted by molar-refractivity contribution is 5.77. The van der Waals surface area contributed by atoms with Crippen LogP contribution in [0.5, 0.6) is 5.75 Å². The van der Waals surface area contributed by atoms with Crippen molar-refractivity contribution in [2.75, 3.05) is 26.6 Å². The van der Waals surface area contributed by atoms with E-state index in [4.69, 9.17) is 14.2 Å². The number of carbonyl (C=O) groups is 1. The zero-order valence-corrected chi connectivity index (χ0v) is 14.6. The Bertz CT molecular complexity index is 700. The van der Waals surface area contributed by atoms with Gasteiger partial charge in [0.2, 0.25) is 0 Å². The normalized spacial score (nSPS) is 13.2. The van der Waals surface area contributed by atoms with Crippen molar-refractivity contribution in [3.8, 4) is 5.75 Å². The van der Waals surface area contributed by atoms with Crippen LogP contribution in [-0.4, -0.2) is 39.4 Å². The molecule has 0 fully saturated rings. The summed E-state index contributed by atoms with van der Waals surface area (Å²) in [5, 5.41) is 3.30. The smallest absolute Gasteiger partial charge is 0.337 e. The maximum Gasteiger partial charge on any atom is 0.337 e. The highest BCUT2D eigenvalue weighted by Gasteiger charge is 2.28. The van der Waals surface area contributed by atoms with Gasteiger partial charge in [-0.2, -0.15) is 0 Å². The summed E-state index contributed by atoms with van der Waals surface area (Å²) in [6.45, 7) is 0. The predicted octanol–water partition coefficient (Wildman–Crippen LogP) is 3.38. The third-order valence-corrected chi connectivity index (χ3v) is 3.74. The SMILES string of the molecule is COC(=O)[C@H](OC)[C@@H](/C=C/c1ccccc1)Nc1ccccc1OC. The average Bonchev–Trinajstić information content (AvgIpc) is 2.67. The van der Waals surface area contributed by atoms with Crippen LogP contribution in [0.1, 0.15) is 5.56 Å². The van der Waals surface area contributed by atoms with Crippen LogP contribution in [0.2, 0.25) is 0 Å². The molecule has 2 aromatic rings. The molecule has 132 valence electrons. The van der Waals surface area contributed by atoms with E-state index in [-0.39, 0.29) is 0 Å². The van der Waals surface area contributed by atoms with Crippen molar-refractivity contribution < 1.29 is 19.0 Å². The summed E-state index contributed by atoms with van der Waals surface area (Å²) in [6.07, 6.45) is 3.02. The number of benzene rings is 2. The minimum Gasteiger partial charge on any atom is -0.495 e. The van der Waals surface area contributed by atoms with E-state index in [1.807, 2.05) is 66.7 Å². The summed E-state index contributed by atoms with van der Waals surface area (Å²) in [5.74, 6) is 0.230. The largest absolute Gasteiger partial charge is 0.495 e. The van der Waals surface area contributed by atoms with Gasteiger partial charge in [-0.05, 0) is 17.7 Å². The van der Waals surface area contributed by atoms with E-state index in [0.717, 1.165) is 11.3 Å². The van der Waals surface area contributed by atoms with Crippen molar-refractivity contribution >= 4 is 17.7 Å². The maximum atomic E-state index is 12.1. The molecular weight excluding hydrogens is 318 g/mol. The lowest BCUT2D eigenvalue weighted by Crippen LogP contribution is -2.40. The molecule has 0 amide bonds. The van der Waals surface area contributed by atoms with E-state index in [0.29, 0.717) is 5.75 Å². The van der Waals surface area contributed by atoms with Crippen LogP contribution in [0, 0.1) is 0 Å². The van der Waals surface area contributed by atoms with Gasteiger partial charge in [0.05, 0.1) is 25.9 Å². The van der Waals surface area contributed by atoms with Crippen LogP contribution >= 0.6 is 0 Å². The van der Waals surface area contributed by atoms with Crippen LogP contribution in [0.3, 0.4) is 0 Å². The molecule has 0 saturated heterocycles. The molecule has 5 heteroatoms. The van der Waals surface area contributed by atoms with E-state index in [1.165, 1.54) is 14.2 Å². The molecule has 0 aliphatic heterocycles. The standard InChI is InChI=1S/C20H23NO4/c1-23-18-12-8-7-11-16(18)21-17(19(24-2)20(22)25-3)14-13-15-9-5-4-6-10-15/h4-14,17,19,21H,1-3H3/b14-13+/t17-,19-/m1/s1. The number of methoxy groups -OCH3 is 3. The highest BCUT2D eigenvalue weighted by atomic mass is 16.6. The molecule has 0 heterocycles. The van der Waals surface area contributed by atoms with Gasteiger partial charge in [0.25, 0.3) is 0 Å². The second-order valence-corrected chi connectivity index (χ2v) is 5.32. The fraction of sp³-hybridized carbons (Fsp3) is 0.250. The monoisotopic (exact) mass is 341 g/mol. The number of hydrogen-bond acceptors (Lipinski definition) is 5. The molecule has 0 unspecified atom stereocenters. The van der Waals surface area contributed by atoms with Gasteiger partial charge in [0, 0.05) is 7.11 Å². The molecule has 0 spiro atoms. The Kier molecular flexibility index (Phi) is 7.04. The highest BCUT2D eigenvalue weighted by Crippen LogP contribution is 2.25. The van der Waals surface area contributed by atoms with Crippen LogP contribution in [-0.2, 0) is 14.3 Å². The third-order valence-electron chi connectivity index (χ3n) is 3.74. The van der Waals surface area contributed by atoms with Gasteiger partial charge < -0.3 is 19.5 Å². The molecule has 0 bridgehead atoms. The first-order valence-corrected chi connectivity index (χ1v) is 7.93. The van der Waals surface area contributed by atoms with Gasteiger partial charge in [-0.15, -0.1) is 0 Å². The lowest BCUT2D eigenvalue weighted by Gasteiger charge is -2.24. The molecular formula is C20H23NO4. The van der Waals surface area contributed by atoms with Crippen molar-refractivity contribution in [2.45, 2.75) is 12.1 Å². The number of carbonyl (C=O) groups excluding carboxylic acids is 1. The first-order valence-electron chi connectivity index (χ1n) is 7.93. The van der Waals surface area contributed by atoms with Gasteiger partial charge in [0.15, 0.2) is 6.10 Å². The van der Waals surface area contributed by atoms with Gasteiger partial charge in [-0.1, -0.05) is 54.6 Å². The quantitative estimate of drug-likeness (QED) is 0.746. The summed E-state index contributed by atoms with van der Waals surface area (Å²) in [6, 6.07) is 16.9. The number of esters is 1. The zero-order valence-electron chi connectivity index (χ0n) is 14.6. The molecule has 0 aliphatic carbocycles. The molecule has 2 aromatic carbocycles. The lowest BCUT2D eigenvalue weighted by molar-refractivity contribution is -0.152. The van der Waals surface area contributed by atoms with Gasteiger partial charge in [0.1, 0.15) is 5.75 Å². The number of hydrogen-bond donors (Lipinski definition) is 1. The Balaban J connectivity index is 2.30. The molecule has 1 N–H and O–H groups in total. The minimum absolute atomic E-state index is 0.436. The molecule has 0 aromatic heterocycles. The Morgan fingerprint density at radius 2 is 1.68 bits per heavy atom. The van der Waals surface area contributed by atoms with Crippen molar-refractivity contribution in [1.29, 1.82) is 0 Å². The zero-order chi connectivity index (χ0) is 18.1. The third kappa shape index (κ3) is 5.09. The number of nitrogens with one attached hydrogen (secondary N) is 1. The van der Waals surface area contributed by atoms with Crippen LogP contribution in [0.15, 0.2) is 60.7 Å². The van der Waals surface area contributed by atoms with E-state index in [1.54, 1.807) is 7.11 Å². The molecule has 0 saturated carbocycles. The van der Waals surface area contributed by atoms with Gasteiger partial charge >= 0.3 is 5.97 Å². The summed E-state index contributed by atoms with van der Waals surface area (Å²) in [7, 11) is 4.42. The summed E-state index contributed by atoms with van der Waals surface area (Å²) >= 11 is 0. The number of rotatable bonds is 8. The lowest BCUT2D eigenvalue weighted by atomic mass is 10.1. The average molecular weight is 341 g/mol. The van der Waals surface area contributed by atoms with Crippen molar-refractivity contribution in [1.82, 2.24) is 0 Å². The van der Waals surface area contributed by atoms with Gasteiger partial charge in [-0.25, -0.2) is 4.79 Å². The van der Waals surface area contributed by atoms with Crippen LogP contribution < -0.4 is 10.1 Å². The summed E-state index contributed by atoms with van der Waals surface area (Å²) in [5.41, 5.74) is 1.78. The Hall–Kier alpha value is -2.79. The van der Waals surface area contributed by atoms with Crippen molar-refractivity contribution in [3.63, 3.8) is 0 Å². The van der Waals surface area contributed by atoms with E-state index in [9.17, 15) is 4.79 Å². The Morgan fingerprint density at radius 3 is 2.32 bits per heavy atom. The number of para-hydroxylation sites is 2. The molecule has 2 atom stereocenters. The Labute approximate surface area is 148 Å². The second kappa shape index (κ2) is 9.49. The summed E-state index contributed by atoms with van der Waals surface area (Å²) in [4.78, 5) is 12.1. The van der Waals surface area contributed by atoms with E-state index >= 15 is 0 Å². The van der Waals surface area contributed by atoms with E-state index < -0.39 is 18.1 Å². The number of ether oxygens (including phenoxy) is 3. The predicted molar refractivity (Wildman–Crippen MR) is 98.7 cm³/mol. The van der Waals surface area contributed by atoms with Crippen molar-refractivity contribution in [2.24, 2.45) is 0 Å². The molecule has 0 radical (unpaired) electrons. The fourth-order valence-electron chi connectivity index (χ4n) is 2.45. The van der Waals surface area contributed by atoms with Crippen molar-refractivity contribution in [3.05, 3.63) is 66.2 Å². The molecule has 5 nitrogen and oxygen atoms in total. The molecule has 0 aliphatic rings. The topological polar surface area (TPSA) is 56.8 Å². The fourth-order valence-corrected chi connectivity index (χ4v) is 2.45. The second-order valence-electron chi connectivity index (χ2n) is 5.32. The Morgan fingerprint density at radius 1 is 1.00 bits per heavy atom. The molecule has 25 heavy (non-hydrogen) atoms. The van der Waals surface area contributed by atoms with Gasteiger partial charge in [-0.3, -0.25) is 0 Å². The van der Waals surface area contributed by atoms with Crippen LogP contribution in [0.25, 0.3) is 6.08 Å². The number of anilines is 1.